The summed E-state index contributed by atoms with van der Waals surface area (Å²) in [6.45, 7) is 3.37. The van der Waals surface area contributed by atoms with Crippen molar-refractivity contribution in [1.82, 2.24) is 0 Å². The molecule has 0 unspecified atom stereocenters. The van der Waals surface area contributed by atoms with Crippen molar-refractivity contribution in [1.29, 1.82) is 0 Å². The van der Waals surface area contributed by atoms with Crippen molar-refractivity contribution in [2.45, 2.75) is 18.9 Å². The van der Waals surface area contributed by atoms with Crippen LogP contribution in [0.3, 0.4) is 0 Å². The molecule has 0 radical (unpaired) electrons. The molecule has 1 aromatic carbocycles. The molecule has 0 fully saturated rings. The number of benzene rings is 1. The van der Waals surface area contributed by atoms with E-state index in [-0.39, 0.29) is 12.2 Å². The number of carbonyl (C=O) groups excluding carboxylic acids is 2. The molecule has 4 nitrogen and oxygen atoms in total. The van der Waals surface area contributed by atoms with E-state index < -0.39 is 12.2 Å². The first-order valence-electron chi connectivity index (χ1n) is 5.37. The van der Waals surface area contributed by atoms with Crippen molar-refractivity contribution in [3.8, 4) is 0 Å². The predicted molar refractivity (Wildman–Crippen MR) is 69.4 cm³/mol. The number of ketones is 1. The van der Waals surface area contributed by atoms with Crippen LogP contribution in [0.4, 0.5) is 4.79 Å². The Morgan fingerprint density at radius 2 is 2.00 bits per heavy atom. The van der Waals surface area contributed by atoms with Crippen LogP contribution in [0.1, 0.15) is 12.0 Å². The Morgan fingerprint density at radius 1 is 1.39 bits per heavy atom. The van der Waals surface area contributed by atoms with Crippen LogP contribution in [0.15, 0.2) is 36.9 Å². The van der Waals surface area contributed by atoms with Gasteiger partial charge in [-0.3, -0.25) is 4.79 Å². The van der Waals surface area contributed by atoms with Crippen molar-refractivity contribution in [3.63, 3.8) is 0 Å². The third kappa shape index (κ3) is 5.01. The normalized spacial score (nSPS) is 11.6. The maximum atomic E-state index is 11.3. The van der Waals surface area contributed by atoms with Gasteiger partial charge in [-0.15, -0.1) is 0 Å². The summed E-state index contributed by atoms with van der Waals surface area (Å²) >= 11 is 5.77. The van der Waals surface area contributed by atoms with Gasteiger partial charge in [0.1, 0.15) is 6.10 Å². The standard InChI is InChI=1S/C13H14ClNO3/c1-2-11(16)8-12(18-13(15)17)7-9-3-5-10(14)6-4-9/h2-6,12H,1,7-8H2,(H2,15,17)/t12-/m0/s1. The van der Waals surface area contributed by atoms with E-state index in [0.717, 1.165) is 5.56 Å². The molecule has 0 aliphatic carbocycles. The molecule has 1 atom stereocenters. The molecule has 0 bridgehead atoms. The van der Waals surface area contributed by atoms with Gasteiger partial charge < -0.3 is 10.5 Å². The molecule has 0 saturated carbocycles. The van der Waals surface area contributed by atoms with Crippen LogP contribution in [0, 0.1) is 0 Å². The third-order valence-corrected chi connectivity index (χ3v) is 2.57. The van der Waals surface area contributed by atoms with Crippen molar-refractivity contribution in [2.24, 2.45) is 5.73 Å². The zero-order valence-corrected chi connectivity index (χ0v) is 10.5. The fourth-order valence-corrected chi connectivity index (χ4v) is 1.64. The van der Waals surface area contributed by atoms with E-state index in [0.29, 0.717) is 11.4 Å². The highest BCUT2D eigenvalue weighted by molar-refractivity contribution is 6.30. The highest BCUT2D eigenvalue weighted by atomic mass is 35.5. The number of nitrogens with two attached hydrogens (primary N) is 1. The van der Waals surface area contributed by atoms with Gasteiger partial charge in [-0.1, -0.05) is 30.3 Å². The molecule has 1 rings (SSSR count). The van der Waals surface area contributed by atoms with Gasteiger partial charge in [0.25, 0.3) is 0 Å². The monoisotopic (exact) mass is 267 g/mol. The van der Waals surface area contributed by atoms with Gasteiger partial charge in [0.2, 0.25) is 0 Å². The molecule has 1 aromatic rings. The summed E-state index contributed by atoms with van der Waals surface area (Å²) in [6.07, 6.45) is 0.175. The number of allylic oxidation sites excluding steroid dienone is 1. The van der Waals surface area contributed by atoms with Crippen LogP contribution in [-0.2, 0) is 16.0 Å². The Morgan fingerprint density at radius 3 is 2.50 bits per heavy atom. The van der Waals surface area contributed by atoms with Gasteiger partial charge in [-0.25, -0.2) is 4.79 Å². The van der Waals surface area contributed by atoms with Crippen molar-refractivity contribution < 1.29 is 14.3 Å². The van der Waals surface area contributed by atoms with E-state index in [9.17, 15) is 9.59 Å². The average Bonchev–Trinajstić information content (AvgIpc) is 2.31. The molecule has 2 N–H and O–H groups in total. The maximum absolute atomic E-state index is 11.3. The van der Waals surface area contributed by atoms with Gasteiger partial charge in [-0.2, -0.15) is 0 Å². The molecule has 0 aromatic heterocycles. The number of carbonyl (C=O) groups is 2. The summed E-state index contributed by atoms with van der Waals surface area (Å²) in [6, 6.07) is 7.07. The van der Waals surface area contributed by atoms with Gasteiger partial charge in [0, 0.05) is 17.9 Å². The molecule has 96 valence electrons. The quantitative estimate of drug-likeness (QED) is 0.805. The second kappa shape index (κ2) is 6.81. The summed E-state index contributed by atoms with van der Waals surface area (Å²) in [7, 11) is 0. The first-order valence-corrected chi connectivity index (χ1v) is 5.75. The Hall–Kier alpha value is -1.81. The summed E-state index contributed by atoms with van der Waals surface area (Å²) in [4.78, 5) is 22.0. The molecule has 18 heavy (non-hydrogen) atoms. The molecule has 5 heteroatoms. The fraction of sp³-hybridized carbons (Fsp3) is 0.231. The maximum Gasteiger partial charge on any atom is 0.404 e. The van der Waals surface area contributed by atoms with E-state index in [4.69, 9.17) is 22.1 Å². The van der Waals surface area contributed by atoms with Crippen LogP contribution in [-0.4, -0.2) is 18.0 Å². The van der Waals surface area contributed by atoms with Gasteiger partial charge in [0.15, 0.2) is 5.78 Å². The number of halogens is 1. The number of hydrogen-bond acceptors (Lipinski definition) is 3. The topological polar surface area (TPSA) is 69.4 Å². The lowest BCUT2D eigenvalue weighted by atomic mass is 10.0. The minimum Gasteiger partial charge on any atom is -0.446 e. The summed E-state index contributed by atoms with van der Waals surface area (Å²) in [5, 5.41) is 0.619. The minimum atomic E-state index is -0.897. The smallest absolute Gasteiger partial charge is 0.404 e. The first-order chi connectivity index (χ1) is 8.51. The average molecular weight is 268 g/mol. The lowest BCUT2D eigenvalue weighted by Gasteiger charge is -2.15. The first kappa shape index (κ1) is 14.3. The summed E-state index contributed by atoms with van der Waals surface area (Å²) < 4.78 is 4.89. The molecular formula is C13H14ClNO3. The molecule has 0 spiro atoms. The molecule has 0 heterocycles. The predicted octanol–water partition coefficient (Wildman–Crippen LogP) is 2.49. The lowest BCUT2D eigenvalue weighted by molar-refractivity contribution is -0.116. The second-order valence-electron chi connectivity index (χ2n) is 3.76. The Kier molecular flexibility index (Phi) is 5.39. The van der Waals surface area contributed by atoms with Gasteiger partial charge >= 0.3 is 6.09 Å². The number of primary amides is 1. The van der Waals surface area contributed by atoms with Crippen LogP contribution in [0.2, 0.25) is 5.02 Å². The molecular weight excluding hydrogens is 254 g/mol. The molecule has 0 aliphatic heterocycles. The summed E-state index contributed by atoms with van der Waals surface area (Å²) in [5.74, 6) is -0.199. The molecule has 0 aliphatic rings. The SMILES string of the molecule is C=CC(=O)C[C@H](Cc1ccc(Cl)cc1)OC(N)=O. The molecule has 1 amide bonds. The second-order valence-corrected chi connectivity index (χ2v) is 4.20. The highest BCUT2D eigenvalue weighted by Gasteiger charge is 2.16. The van der Waals surface area contributed by atoms with E-state index in [1.165, 1.54) is 6.08 Å². The van der Waals surface area contributed by atoms with Crippen molar-refractivity contribution in [2.75, 3.05) is 0 Å². The Balaban J connectivity index is 2.70. The highest BCUT2D eigenvalue weighted by Crippen LogP contribution is 2.14. The van der Waals surface area contributed by atoms with Gasteiger partial charge in [-0.05, 0) is 23.8 Å². The van der Waals surface area contributed by atoms with E-state index in [1.54, 1.807) is 24.3 Å². The third-order valence-electron chi connectivity index (χ3n) is 2.32. The van der Waals surface area contributed by atoms with Crippen LogP contribution >= 0.6 is 11.6 Å². The van der Waals surface area contributed by atoms with E-state index in [1.807, 2.05) is 0 Å². The number of amides is 1. The van der Waals surface area contributed by atoms with E-state index >= 15 is 0 Å². The zero-order chi connectivity index (χ0) is 13.5. The fourth-order valence-electron chi connectivity index (χ4n) is 1.51. The van der Waals surface area contributed by atoms with Crippen molar-refractivity contribution in [3.05, 3.63) is 47.5 Å². The molecule has 0 saturated heterocycles. The Labute approximate surface area is 110 Å². The largest absolute Gasteiger partial charge is 0.446 e. The van der Waals surface area contributed by atoms with Crippen LogP contribution in [0.5, 0.6) is 0 Å². The number of rotatable bonds is 6. The zero-order valence-electron chi connectivity index (χ0n) is 9.77. The Bertz CT molecular complexity index is 442. The number of hydrogen-bond donors (Lipinski definition) is 1. The lowest BCUT2D eigenvalue weighted by Crippen LogP contribution is -2.26. The van der Waals surface area contributed by atoms with E-state index in [2.05, 4.69) is 6.58 Å². The van der Waals surface area contributed by atoms with Crippen LogP contribution in [0.25, 0.3) is 0 Å². The number of ether oxygens (including phenoxy) is 1. The summed E-state index contributed by atoms with van der Waals surface area (Å²) in [5.41, 5.74) is 5.87. The van der Waals surface area contributed by atoms with Crippen LogP contribution < -0.4 is 5.73 Å². The van der Waals surface area contributed by atoms with Crippen molar-refractivity contribution >= 4 is 23.5 Å². The minimum absolute atomic E-state index is 0.0646. The van der Waals surface area contributed by atoms with Gasteiger partial charge in [0.05, 0.1) is 0 Å².